The van der Waals surface area contributed by atoms with E-state index >= 15 is 0 Å². The molecule has 1 aromatic rings. The first-order valence-corrected chi connectivity index (χ1v) is 6.92. The van der Waals surface area contributed by atoms with Crippen molar-refractivity contribution in [1.82, 2.24) is 10.6 Å². The number of rotatable bonds is 5. The van der Waals surface area contributed by atoms with Gasteiger partial charge in [-0.25, -0.2) is 0 Å². The van der Waals surface area contributed by atoms with E-state index < -0.39 is 5.54 Å². The molecule has 1 aliphatic rings. The number of amides is 1. The molecule has 1 saturated heterocycles. The first-order chi connectivity index (χ1) is 9.64. The molecule has 0 aliphatic carbocycles. The fourth-order valence-corrected chi connectivity index (χ4v) is 2.34. The van der Waals surface area contributed by atoms with E-state index in [1.807, 2.05) is 37.3 Å². The van der Waals surface area contributed by atoms with Crippen LogP contribution in [0, 0.1) is 0 Å². The molecule has 2 atom stereocenters. The quantitative estimate of drug-likeness (QED) is 0.728. The number of ether oxygens (including phenoxy) is 1. The number of benzene rings is 1. The van der Waals surface area contributed by atoms with E-state index in [-0.39, 0.29) is 18.6 Å². The summed E-state index contributed by atoms with van der Waals surface area (Å²) in [6.45, 7) is 3.70. The molecule has 1 amide bonds. The van der Waals surface area contributed by atoms with Gasteiger partial charge in [-0.1, -0.05) is 30.3 Å². The normalized spacial score (nSPS) is 22.0. The molecule has 1 aliphatic heterocycles. The SMILES string of the molecule is CC(CO)(NC(=O)CC1COCCN1)c1ccccc1. The highest BCUT2D eigenvalue weighted by Crippen LogP contribution is 2.20. The summed E-state index contributed by atoms with van der Waals surface area (Å²) in [7, 11) is 0. The lowest BCUT2D eigenvalue weighted by molar-refractivity contribution is -0.124. The van der Waals surface area contributed by atoms with Crippen molar-refractivity contribution in [2.24, 2.45) is 0 Å². The monoisotopic (exact) mass is 278 g/mol. The highest BCUT2D eigenvalue weighted by atomic mass is 16.5. The summed E-state index contributed by atoms with van der Waals surface area (Å²) in [4.78, 5) is 12.1. The molecule has 0 bridgehead atoms. The van der Waals surface area contributed by atoms with Gasteiger partial charge >= 0.3 is 0 Å². The molecule has 2 rings (SSSR count). The standard InChI is InChI=1S/C15H22N2O3/c1-15(11-18,12-5-3-2-4-6-12)17-14(19)9-13-10-20-8-7-16-13/h2-6,13,16,18H,7-11H2,1H3,(H,17,19). The number of aliphatic hydroxyl groups is 1. The van der Waals surface area contributed by atoms with Crippen molar-refractivity contribution in [3.63, 3.8) is 0 Å². The fourth-order valence-electron chi connectivity index (χ4n) is 2.34. The molecule has 1 heterocycles. The number of hydrogen-bond donors (Lipinski definition) is 3. The van der Waals surface area contributed by atoms with E-state index in [4.69, 9.17) is 4.74 Å². The van der Waals surface area contributed by atoms with Crippen LogP contribution in [0.5, 0.6) is 0 Å². The molecular formula is C15H22N2O3. The van der Waals surface area contributed by atoms with Gasteiger partial charge in [-0.3, -0.25) is 4.79 Å². The number of aliphatic hydroxyl groups excluding tert-OH is 1. The van der Waals surface area contributed by atoms with Crippen molar-refractivity contribution < 1.29 is 14.6 Å². The largest absolute Gasteiger partial charge is 0.394 e. The Balaban J connectivity index is 1.96. The molecular weight excluding hydrogens is 256 g/mol. The van der Waals surface area contributed by atoms with Gasteiger partial charge in [-0.05, 0) is 12.5 Å². The Kier molecular flexibility index (Phi) is 5.11. The van der Waals surface area contributed by atoms with E-state index in [1.165, 1.54) is 0 Å². The maximum absolute atomic E-state index is 12.1. The van der Waals surface area contributed by atoms with Crippen LogP contribution >= 0.6 is 0 Å². The maximum Gasteiger partial charge on any atom is 0.222 e. The van der Waals surface area contributed by atoms with Crippen LogP contribution in [0.2, 0.25) is 0 Å². The summed E-state index contributed by atoms with van der Waals surface area (Å²) >= 11 is 0. The first kappa shape index (κ1) is 15.0. The lowest BCUT2D eigenvalue weighted by Gasteiger charge is -2.31. The van der Waals surface area contributed by atoms with Gasteiger partial charge in [0.05, 0.1) is 25.4 Å². The van der Waals surface area contributed by atoms with Crippen LogP contribution in [0.1, 0.15) is 18.9 Å². The van der Waals surface area contributed by atoms with Gasteiger partial charge in [-0.15, -0.1) is 0 Å². The summed E-state index contributed by atoms with van der Waals surface area (Å²) in [5.41, 5.74) is 0.136. The molecule has 20 heavy (non-hydrogen) atoms. The minimum Gasteiger partial charge on any atom is -0.394 e. The molecule has 1 aromatic carbocycles. The molecule has 1 fully saturated rings. The van der Waals surface area contributed by atoms with Crippen LogP contribution in [0.3, 0.4) is 0 Å². The fraction of sp³-hybridized carbons (Fsp3) is 0.533. The zero-order valence-electron chi connectivity index (χ0n) is 11.8. The number of morpholine rings is 1. The lowest BCUT2D eigenvalue weighted by atomic mass is 9.92. The Labute approximate surface area is 119 Å². The average Bonchev–Trinajstić information content (AvgIpc) is 2.49. The first-order valence-electron chi connectivity index (χ1n) is 6.92. The van der Waals surface area contributed by atoms with Gasteiger partial charge in [0, 0.05) is 19.0 Å². The second kappa shape index (κ2) is 6.83. The number of nitrogens with one attached hydrogen (secondary N) is 2. The highest BCUT2D eigenvalue weighted by molar-refractivity contribution is 5.77. The number of hydrogen-bond acceptors (Lipinski definition) is 4. The summed E-state index contributed by atoms with van der Waals surface area (Å²) in [5.74, 6) is -0.0894. The predicted octanol–water partition coefficient (Wildman–Crippen LogP) is 0.389. The second-order valence-electron chi connectivity index (χ2n) is 5.33. The minimum absolute atomic E-state index is 0.0440. The van der Waals surface area contributed by atoms with Gasteiger partial charge in [0.15, 0.2) is 0 Å². The third kappa shape index (κ3) is 3.79. The maximum atomic E-state index is 12.1. The Morgan fingerprint density at radius 1 is 1.50 bits per heavy atom. The van der Waals surface area contributed by atoms with Crippen molar-refractivity contribution in [3.8, 4) is 0 Å². The number of carbonyl (C=O) groups is 1. The van der Waals surface area contributed by atoms with Gasteiger partial charge in [-0.2, -0.15) is 0 Å². The van der Waals surface area contributed by atoms with Crippen molar-refractivity contribution >= 4 is 5.91 Å². The summed E-state index contributed by atoms with van der Waals surface area (Å²) in [6, 6.07) is 9.55. The molecule has 2 unspecified atom stereocenters. The minimum atomic E-state index is -0.756. The predicted molar refractivity (Wildman–Crippen MR) is 76.2 cm³/mol. The van der Waals surface area contributed by atoms with Gasteiger partial charge in [0.2, 0.25) is 5.91 Å². The van der Waals surface area contributed by atoms with Gasteiger partial charge < -0.3 is 20.5 Å². The van der Waals surface area contributed by atoms with E-state index in [2.05, 4.69) is 10.6 Å². The molecule has 0 radical (unpaired) electrons. The molecule has 5 heteroatoms. The van der Waals surface area contributed by atoms with Crippen LogP contribution in [0.4, 0.5) is 0 Å². The molecule has 3 N–H and O–H groups in total. The molecule has 0 saturated carbocycles. The van der Waals surface area contributed by atoms with Crippen LogP contribution in [0.15, 0.2) is 30.3 Å². The second-order valence-corrected chi connectivity index (χ2v) is 5.33. The van der Waals surface area contributed by atoms with Crippen LogP contribution in [0.25, 0.3) is 0 Å². The van der Waals surface area contributed by atoms with Crippen LogP contribution in [-0.2, 0) is 15.1 Å². The van der Waals surface area contributed by atoms with E-state index in [0.717, 1.165) is 12.1 Å². The highest BCUT2D eigenvalue weighted by Gasteiger charge is 2.28. The lowest BCUT2D eigenvalue weighted by Crippen LogP contribution is -2.50. The van der Waals surface area contributed by atoms with Crippen molar-refractivity contribution in [2.45, 2.75) is 24.9 Å². The Bertz CT molecular complexity index is 432. The Morgan fingerprint density at radius 2 is 2.25 bits per heavy atom. The Morgan fingerprint density at radius 3 is 2.85 bits per heavy atom. The summed E-state index contributed by atoms with van der Waals surface area (Å²) in [5, 5.41) is 15.8. The van der Waals surface area contributed by atoms with E-state index in [1.54, 1.807) is 0 Å². The summed E-state index contributed by atoms with van der Waals surface area (Å²) in [6.07, 6.45) is 0.350. The van der Waals surface area contributed by atoms with E-state index in [0.29, 0.717) is 19.6 Å². The topological polar surface area (TPSA) is 70.6 Å². The zero-order valence-corrected chi connectivity index (χ0v) is 11.8. The van der Waals surface area contributed by atoms with Gasteiger partial charge in [0.25, 0.3) is 0 Å². The van der Waals surface area contributed by atoms with Crippen LogP contribution < -0.4 is 10.6 Å². The molecule has 0 spiro atoms. The smallest absolute Gasteiger partial charge is 0.222 e. The van der Waals surface area contributed by atoms with E-state index in [9.17, 15) is 9.90 Å². The zero-order chi connectivity index (χ0) is 14.4. The van der Waals surface area contributed by atoms with Crippen molar-refractivity contribution in [3.05, 3.63) is 35.9 Å². The summed E-state index contributed by atoms with van der Waals surface area (Å²) < 4.78 is 5.33. The molecule has 0 aromatic heterocycles. The number of carbonyl (C=O) groups excluding carboxylic acids is 1. The molecule has 5 nitrogen and oxygen atoms in total. The molecule has 110 valence electrons. The Hall–Kier alpha value is -1.43. The average molecular weight is 278 g/mol. The third-order valence-electron chi connectivity index (χ3n) is 3.57. The van der Waals surface area contributed by atoms with Crippen molar-refractivity contribution in [2.75, 3.05) is 26.4 Å². The van der Waals surface area contributed by atoms with Crippen molar-refractivity contribution in [1.29, 1.82) is 0 Å². The van der Waals surface area contributed by atoms with Gasteiger partial charge in [0.1, 0.15) is 0 Å². The van der Waals surface area contributed by atoms with Crippen LogP contribution in [-0.4, -0.2) is 43.4 Å². The third-order valence-corrected chi connectivity index (χ3v) is 3.57.